The molecule has 0 atom stereocenters. The monoisotopic (exact) mass is 624 g/mol. The normalized spacial score (nSPS) is 13.9. The van der Waals surface area contributed by atoms with Crippen molar-refractivity contribution in [2.75, 3.05) is 24.6 Å². The van der Waals surface area contributed by atoms with Gasteiger partial charge in [-0.2, -0.15) is 19.0 Å². The minimum Gasteiger partial charge on any atom is -0.299 e. The summed E-state index contributed by atoms with van der Waals surface area (Å²) >= 11 is 6.29. The fraction of sp³-hybridized carbons (Fsp3) is 0.424. The van der Waals surface area contributed by atoms with E-state index in [1.807, 2.05) is 44.2 Å². The summed E-state index contributed by atoms with van der Waals surface area (Å²) in [6.07, 6.45) is 4.95. The van der Waals surface area contributed by atoms with E-state index in [2.05, 4.69) is 50.6 Å². The average Bonchev–Trinajstić information content (AvgIpc) is 2.98. The molecule has 1 aliphatic heterocycles. The first kappa shape index (κ1) is 34.5. The summed E-state index contributed by atoms with van der Waals surface area (Å²) in [4.78, 5) is 33.3. The molecule has 0 saturated carbocycles. The molecular formula is C33H39ClF2N6O2. The number of hydrogen-bond acceptors (Lipinski definition) is 7. The van der Waals surface area contributed by atoms with Gasteiger partial charge < -0.3 is 0 Å². The van der Waals surface area contributed by atoms with Crippen molar-refractivity contribution in [2.24, 2.45) is 11.8 Å². The minimum absolute atomic E-state index is 0.00384. The van der Waals surface area contributed by atoms with Crippen LogP contribution in [0.5, 0.6) is 0 Å². The molecule has 3 aromatic rings. The lowest BCUT2D eigenvalue weighted by atomic mass is 9.90. The van der Waals surface area contributed by atoms with Crippen LogP contribution in [0.1, 0.15) is 67.8 Å². The van der Waals surface area contributed by atoms with Crippen LogP contribution in [0.4, 0.5) is 14.6 Å². The zero-order chi connectivity index (χ0) is 32.3. The number of carbonyl (C=O) groups is 2. The number of nitrogens with one attached hydrogen (secondary N) is 1. The van der Waals surface area contributed by atoms with Crippen LogP contribution in [0.15, 0.2) is 60.8 Å². The lowest BCUT2D eigenvalue weighted by molar-refractivity contribution is -0.138. The van der Waals surface area contributed by atoms with Crippen molar-refractivity contribution in [1.82, 2.24) is 20.3 Å². The molecule has 1 aromatic heterocycles. The third-order valence-corrected chi connectivity index (χ3v) is 7.45. The van der Waals surface area contributed by atoms with Crippen LogP contribution in [-0.4, -0.2) is 52.1 Å². The highest BCUT2D eigenvalue weighted by molar-refractivity contribution is 6.32. The fourth-order valence-electron chi connectivity index (χ4n) is 4.65. The van der Waals surface area contributed by atoms with E-state index in [0.29, 0.717) is 24.8 Å². The zero-order valence-electron chi connectivity index (χ0n) is 25.6. The highest BCUT2D eigenvalue weighted by atomic mass is 35.5. The van der Waals surface area contributed by atoms with Gasteiger partial charge in [-0.05, 0) is 67.4 Å². The maximum Gasteiger partial charge on any atom is 0.302 e. The Hall–Kier alpha value is -3.94. The second kappa shape index (κ2) is 16.2. The number of halogens is 3. The number of carbonyl (C=O) groups excluding carboxylic acids is 2. The summed E-state index contributed by atoms with van der Waals surface area (Å²) in [5.41, 5.74) is 6.06. The minimum atomic E-state index is -3.14. The zero-order valence-corrected chi connectivity index (χ0v) is 26.3. The number of ketones is 1. The quantitative estimate of drug-likeness (QED) is 0.257. The van der Waals surface area contributed by atoms with Crippen LogP contribution in [0, 0.1) is 23.2 Å². The molecule has 0 unspecified atom stereocenters. The first-order valence-electron chi connectivity index (χ1n) is 14.6. The molecule has 4 rings (SSSR count). The smallest absolute Gasteiger partial charge is 0.299 e. The second-order valence-electron chi connectivity index (χ2n) is 11.5. The molecule has 1 amide bonds. The van der Waals surface area contributed by atoms with Crippen LogP contribution in [0.25, 0.3) is 0 Å². The second-order valence-corrected chi connectivity index (χ2v) is 11.9. The highest BCUT2D eigenvalue weighted by Crippen LogP contribution is 2.24. The maximum absolute atomic E-state index is 13.0. The molecule has 8 nitrogen and oxygen atoms in total. The van der Waals surface area contributed by atoms with E-state index in [-0.39, 0.29) is 22.7 Å². The molecule has 2 aromatic carbocycles. The summed E-state index contributed by atoms with van der Waals surface area (Å²) < 4.78 is 23.0. The van der Waals surface area contributed by atoms with Crippen molar-refractivity contribution in [3.63, 3.8) is 0 Å². The fourth-order valence-corrected chi connectivity index (χ4v) is 4.85. The van der Waals surface area contributed by atoms with Crippen LogP contribution >= 0.6 is 11.6 Å². The number of piperidine rings is 1. The van der Waals surface area contributed by atoms with Crippen LogP contribution in [-0.2, 0) is 17.8 Å². The van der Waals surface area contributed by atoms with Gasteiger partial charge in [0.2, 0.25) is 5.82 Å². The summed E-state index contributed by atoms with van der Waals surface area (Å²) in [5.74, 6) is -3.23. The number of benzene rings is 2. The molecule has 0 aliphatic carbocycles. The number of amides is 1. The Morgan fingerprint density at radius 3 is 2.27 bits per heavy atom. The van der Waals surface area contributed by atoms with E-state index >= 15 is 0 Å². The molecule has 1 fully saturated rings. The summed E-state index contributed by atoms with van der Waals surface area (Å²) in [6.45, 7) is 9.04. The molecule has 1 N–H and O–H groups in total. The van der Waals surface area contributed by atoms with E-state index in [4.69, 9.17) is 16.9 Å². The van der Waals surface area contributed by atoms with Crippen LogP contribution in [0.2, 0.25) is 5.02 Å². The number of hydrogen-bond donors (Lipinski definition) is 1. The van der Waals surface area contributed by atoms with Gasteiger partial charge in [0.05, 0.1) is 6.20 Å². The van der Waals surface area contributed by atoms with Gasteiger partial charge in [0.1, 0.15) is 11.1 Å². The van der Waals surface area contributed by atoms with E-state index in [0.717, 1.165) is 38.9 Å². The van der Waals surface area contributed by atoms with E-state index < -0.39 is 11.7 Å². The van der Waals surface area contributed by atoms with Crippen molar-refractivity contribution in [1.29, 1.82) is 5.26 Å². The van der Waals surface area contributed by atoms with Crippen molar-refractivity contribution in [3.8, 4) is 6.07 Å². The third-order valence-electron chi connectivity index (χ3n) is 7.18. The molecule has 234 valence electrons. The van der Waals surface area contributed by atoms with Crippen molar-refractivity contribution < 1.29 is 18.4 Å². The Morgan fingerprint density at radius 2 is 1.73 bits per heavy atom. The number of nitriles is 1. The highest BCUT2D eigenvalue weighted by Gasteiger charge is 2.27. The predicted molar refractivity (Wildman–Crippen MR) is 167 cm³/mol. The molecule has 11 heteroatoms. The van der Waals surface area contributed by atoms with E-state index in [9.17, 15) is 18.4 Å². The van der Waals surface area contributed by atoms with Crippen LogP contribution in [0.3, 0.4) is 0 Å². The van der Waals surface area contributed by atoms with Crippen molar-refractivity contribution in [3.05, 3.63) is 88.3 Å². The van der Waals surface area contributed by atoms with Gasteiger partial charge in [0, 0.05) is 32.5 Å². The molecule has 0 radical (unpaired) electrons. The summed E-state index contributed by atoms with van der Waals surface area (Å²) in [7, 11) is 0. The van der Waals surface area contributed by atoms with Gasteiger partial charge in [0.15, 0.2) is 11.6 Å². The van der Waals surface area contributed by atoms with Crippen LogP contribution < -0.4 is 10.4 Å². The topological polar surface area (TPSA) is 102 Å². The Kier molecular flexibility index (Phi) is 12.7. The molecule has 44 heavy (non-hydrogen) atoms. The SMILES string of the molecule is CC(=O)C(C)(F)F.CC(C)CN(NC(=O)c1ccc(CN2CCC(Cc3ccccc3)CC2)cc1)c1nc(C#N)ncc1Cl. The first-order chi connectivity index (χ1) is 20.8. The molecule has 0 spiro atoms. The average molecular weight is 625 g/mol. The lowest BCUT2D eigenvalue weighted by Crippen LogP contribution is -2.45. The number of likely N-dealkylation sites (tertiary alicyclic amines) is 1. The Balaban J connectivity index is 0.000000676. The predicted octanol–water partition coefficient (Wildman–Crippen LogP) is 6.49. The number of hydrazine groups is 1. The Labute approximate surface area is 263 Å². The molecular weight excluding hydrogens is 586 g/mol. The Morgan fingerprint density at radius 1 is 1.11 bits per heavy atom. The number of anilines is 1. The van der Waals surface area contributed by atoms with E-state index in [1.165, 1.54) is 30.2 Å². The summed E-state index contributed by atoms with van der Waals surface area (Å²) in [6, 6.07) is 20.4. The standard InChI is InChI=1S/C29H33ClN6O.C4H6F2O/c1-21(2)19-36(28-26(30)18-32-27(17-31)33-28)34-29(37)25-10-8-24(9-11-25)20-35-14-12-23(13-15-35)16-22-6-4-3-5-7-22;1-3(7)4(2,5)6/h3-11,18,21,23H,12-16,19-20H2,1-2H3,(H,34,37);1-2H3. The van der Waals surface area contributed by atoms with Crippen molar-refractivity contribution in [2.45, 2.75) is 59.4 Å². The van der Waals surface area contributed by atoms with Gasteiger partial charge in [-0.1, -0.05) is 67.9 Å². The molecule has 2 heterocycles. The van der Waals surface area contributed by atoms with Gasteiger partial charge in [-0.25, -0.2) is 4.98 Å². The maximum atomic E-state index is 13.0. The summed E-state index contributed by atoms with van der Waals surface area (Å²) in [5, 5.41) is 11.0. The van der Waals surface area contributed by atoms with Gasteiger partial charge in [-0.15, -0.1) is 0 Å². The largest absolute Gasteiger partial charge is 0.302 e. The number of rotatable bonds is 10. The van der Waals surface area contributed by atoms with Gasteiger partial charge >= 0.3 is 5.92 Å². The first-order valence-corrected chi connectivity index (χ1v) is 15.0. The van der Waals surface area contributed by atoms with Gasteiger partial charge in [-0.3, -0.25) is 24.9 Å². The Bertz CT molecular complexity index is 1420. The number of nitrogens with zero attached hydrogens (tertiary/aromatic N) is 5. The van der Waals surface area contributed by atoms with Crippen molar-refractivity contribution >= 4 is 29.1 Å². The molecule has 1 saturated heterocycles. The lowest BCUT2D eigenvalue weighted by Gasteiger charge is -2.32. The molecule has 1 aliphatic rings. The van der Waals surface area contributed by atoms with E-state index in [1.54, 1.807) is 5.01 Å². The van der Waals surface area contributed by atoms with Gasteiger partial charge in [0.25, 0.3) is 5.91 Å². The number of Topliss-reactive ketones (excluding diaryl/α,β-unsaturated/α-hetero) is 1. The molecule has 0 bridgehead atoms. The number of alkyl halides is 2. The number of aromatic nitrogens is 2. The third kappa shape index (κ3) is 11.0.